The molecule has 1 aliphatic rings. The Kier molecular flexibility index (Phi) is 3.10. The number of imide groups is 1. The van der Waals surface area contributed by atoms with Crippen molar-refractivity contribution in [2.75, 3.05) is 4.90 Å². The van der Waals surface area contributed by atoms with Crippen molar-refractivity contribution in [3.8, 4) is 5.75 Å². The molecule has 4 nitrogen and oxygen atoms in total. The van der Waals surface area contributed by atoms with E-state index in [0.29, 0.717) is 0 Å². The third kappa shape index (κ3) is 2.09. The first-order valence-corrected chi connectivity index (χ1v) is 5.11. The molecule has 0 atom stereocenters. The van der Waals surface area contributed by atoms with Crippen molar-refractivity contribution in [2.24, 2.45) is 0 Å². The van der Waals surface area contributed by atoms with Crippen LogP contribution in [0.5, 0.6) is 5.75 Å². The predicted octanol–water partition coefficient (Wildman–Crippen LogP) is 2.11. The van der Waals surface area contributed by atoms with Gasteiger partial charge < -0.3 is 4.74 Å². The summed E-state index contributed by atoms with van der Waals surface area (Å²) in [5.41, 5.74) is 0.271. The minimum atomic E-state index is -3.02. The van der Waals surface area contributed by atoms with Crippen LogP contribution in [0, 0.1) is 0 Å². The van der Waals surface area contributed by atoms with Gasteiger partial charge in [0, 0.05) is 11.6 Å². The van der Waals surface area contributed by atoms with Crippen molar-refractivity contribution in [1.82, 2.24) is 0 Å². The van der Waals surface area contributed by atoms with Crippen molar-refractivity contribution in [1.29, 1.82) is 0 Å². The van der Waals surface area contributed by atoms with E-state index >= 15 is 0 Å². The van der Waals surface area contributed by atoms with Gasteiger partial charge in [0.1, 0.15) is 5.75 Å². The number of alkyl halides is 2. The molecule has 0 aliphatic carbocycles. The van der Waals surface area contributed by atoms with E-state index in [1.807, 2.05) is 0 Å². The summed E-state index contributed by atoms with van der Waals surface area (Å²) < 4.78 is 28.8. The second-order valence-corrected chi connectivity index (χ2v) is 3.65. The molecule has 0 fully saturated rings. The van der Waals surface area contributed by atoms with Crippen molar-refractivity contribution in [3.63, 3.8) is 0 Å². The number of benzene rings is 1. The number of nitrogens with zero attached hydrogens (tertiary/aromatic N) is 1. The van der Waals surface area contributed by atoms with E-state index in [0.717, 1.165) is 11.0 Å². The van der Waals surface area contributed by atoms with Gasteiger partial charge in [0.05, 0.1) is 5.69 Å². The van der Waals surface area contributed by atoms with Gasteiger partial charge in [-0.05, 0) is 19.1 Å². The molecule has 2 rings (SSSR count). The maximum atomic E-state index is 12.2. The van der Waals surface area contributed by atoms with E-state index in [1.165, 1.54) is 31.2 Å². The molecule has 2 amide bonds. The van der Waals surface area contributed by atoms with Gasteiger partial charge >= 0.3 is 6.61 Å². The third-order valence-electron chi connectivity index (χ3n) is 2.42. The molecule has 18 heavy (non-hydrogen) atoms. The largest absolute Gasteiger partial charge is 0.433 e. The number of hydrogen-bond donors (Lipinski definition) is 0. The first-order chi connectivity index (χ1) is 8.50. The van der Waals surface area contributed by atoms with E-state index in [2.05, 4.69) is 4.74 Å². The summed E-state index contributed by atoms with van der Waals surface area (Å²) in [4.78, 5) is 24.2. The standard InChI is InChI=1S/C12H9F2NO3/c1-7-6-10(16)15(11(7)17)8-4-2-3-5-9(8)18-12(13)14/h2-6,12H,1H3. The summed E-state index contributed by atoms with van der Waals surface area (Å²) in [5.74, 6) is -1.31. The van der Waals surface area contributed by atoms with E-state index in [9.17, 15) is 18.4 Å². The smallest absolute Gasteiger partial charge is 0.387 e. The van der Waals surface area contributed by atoms with Crippen LogP contribution in [0.2, 0.25) is 0 Å². The lowest BCUT2D eigenvalue weighted by atomic mass is 10.2. The SMILES string of the molecule is CC1=CC(=O)N(c2ccccc2OC(F)F)C1=O. The summed E-state index contributed by atoms with van der Waals surface area (Å²) in [6, 6.07) is 5.66. The molecule has 1 aliphatic heterocycles. The van der Waals surface area contributed by atoms with Gasteiger partial charge in [-0.1, -0.05) is 12.1 Å². The molecular weight excluding hydrogens is 244 g/mol. The van der Waals surface area contributed by atoms with Gasteiger partial charge in [0.15, 0.2) is 0 Å². The Morgan fingerprint density at radius 2 is 1.89 bits per heavy atom. The maximum Gasteiger partial charge on any atom is 0.387 e. The average Bonchev–Trinajstić information content (AvgIpc) is 2.54. The monoisotopic (exact) mass is 253 g/mol. The average molecular weight is 253 g/mol. The highest BCUT2D eigenvalue weighted by atomic mass is 19.3. The molecule has 94 valence electrons. The molecule has 0 bridgehead atoms. The third-order valence-corrected chi connectivity index (χ3v) is 2.42. The van der Waals surface area contributed by atoms with Crippen LogP contribution in [0.4, 0.5) is 14.5 Å². The number of carbonyl (C=O) groups is 2. The molecule has 1 aromatic rings. The first-order valence-electron chi connectivity index (χ1n) is 5.11. The van der Waals surface area contributed by atoms with Crippen molar-refractivity contribution >= 4 is 17.5 Å². The van der Waals surface area contributed by atoms with Crippen LogP contribution in [0.3, 0.4) is 0 Å². The molecule has 0 radical (unpaired) electrons. The zero-order valence-electron chi connectivity index (χ0n) is 9.39. The number of rotatable bonds is 3. The molecule has 0 saturated heterocycles. The van der Waals surface area contributed by atoms with E-state index in [4.69, 9.17) is 0 Å². The zero-order chi connectivity index (χ0) is 13.3. The van der Waals surface area contributed by atoms with Crippen LogP contribution in [-0.4, -0.2) is 18.4 Å². The van der Waals surface area contributed by atoms with Crippen LogP contribution in [0.1, 0.15) is 6.92 Å². The lowest BCUT2D eigenvalue weighted by molar-refractivity contribution is -0.120. The molecule has 6 heteroatoms. The van der Waals surface area contributed by atoms with Crippen molar-refractivity contribution < 1.29 is 23.1 Å². The maximum absolute atomic E-state index is 12.2. The van der Waals surface area contributed by atoms with Crippen LogP contribution >= 0.6 is 0 Å². The Morgan fingerprint density at radius 3 is 2.44 bits per heavy atom. The van der Waals surface area contributed by atoms with E-state index in [1.54, 1.807) is 0 Å². The highest BCUT2D eigenvalue weighted by Crippen LogP contribution is 2.32. The quantitative estimate of drug-likeness (QED) is 0.775. The highest BCUT2D eigenvalue weighted by Gasteiger charge is 2.32. The molecular formula is C12H9F2NO3. The summed E-state index contributed by atoms with van der Waals surface area (Å²) >= 11 is 0. The van der Waals surface area contributed by atoms with Crippen LogP contribution in [0.15, 0.2) is 35.9 Å². The van der Waals surface area contributed by atoms with Gasteiger partial charge in [-0.2, -0.15) is 8.78 Å². The molecule has 1 aromatic carbocycles. The lowest BCUT2D eigenvalue weighted by Crippen LogP contribution is -2.31. The fraction of sp³-hybridized carbons (Fsp3) is 0.167. The second kappa shape index (κ2) is 4.56. The number of carbonyl (C=O) groups excluding carboxylic acids is 2. The fourth-order valence-corrected chi connectivity index (χ4v) is 1.65. The number of amides is 2. The van der Waals surface area contributed by atoms with Crippen LogP contribution in [0.25, 0.3) is 0 Å². The highest BCUT2D eigenvalue weighted by molar-refractivity contribution is 6.30. The minimum absolute atomic E-state index is 0.0147. The van der Waals surface area contributed by atoms with Gasteiger partial charge in [0.2, 0.25) is 0 Å². The molecule has 1 heterocycles. The topological polar surface area (TPSA) is 46.6 Å². The van der Waals surface area contributed by atoms with Gasteiger partial charge in [-0.15, -0.1) is 0 Å². The second-order valence-electron chi connectivity index (χ2n) is 3.65. The van der Waals surface area contributed by atoms with Gasteiger partial charge in [-0.25, -0.2) is 4.90 Å². The Labute approximate surface area is 101 Å². The molecule has 0 spiro atoms. The Balaban J connectivity index is 2.40. The van der Waals surface area contributed by atoms with Crippen LogP contribution < -0.4 is 9.64 Å². The van der Waals surface area contributed by atoms with Gasteiger partial charge in [-0.3, -0.25) is 9.59 Å². The minimum Gasteiger partial charge on any atom is -0.433 e. The summed E-state index contributed by atoms with van der Waals surface area (Å²) in [5, 5.41) is 0. The van der Waals surface area contributed by atoms with Gasteiger partial charge in [0.25, 0.3) is 11.8 Å². The van der Waals surface area contributed by atoms with E-state index < -0.39 is 18.4 Å². The number of halogens is 2. The zero-order valence-corrected chi connectivity index (χ0v) is 9.39. The van der Waals surface area contributed by atoms with Crippen molar-refractivity contribution in [3.05, 3.63) is 35.9 Å². The fourth-order valence-electron chi connectivity index (χ4n) is 1.65. The number of anilines is 1. The Morgan fingerprint density at radius 1 is 1.22 bits per heavy atom. The summed E-state index contributed by atoms with van der Waals surface area (Å²) in [6.07, 6.45) is 1.15. The number of ether oxygens (including phenoxy) is 1. The lowest BCUT2D eigenvalue weighted by Gasteiger charge is -2.18. The number of para-hydroxylation sites is 2. The summed E-state index contributed by atoms with van der Waals surface area (Å²) in [7, 11) is 0. The molecule has 0 aromatic heterocycles. The normalized spacial score (nSPS) is 15.3. The predicted molar refractivity (Wildman–Crippen MR) is 59.3 cm³/mol. The van der Waals surface area contributed by atoms with Crippen molar-refractivity contribution in [2.45, 2.75) is 13.5 Å². The Hall–Kier alpha value is -2.24. The molecule has 0 unspecified atom stereocenters. The number of hydrogen-bond acceptors (Lipinski definition) is 3. The summed E-state index contributed by atoms with van der Waals surface area (Å²) in [6.45, 7) is -1.54. The van der Waals surface area contributed by atoms with E-state index in [-0.39, 0.29) is 17.0 Å². The molecule has 0 N–H and O–H groups in total. The Bertz CT molecular complexity index is 540. The first kappa shape index (κ1) is 12.2. The van der Waals surface area contributed by atoms with Crippen LogP contribution in [-0.2, 0) is 9.59 Å². The molecule has 0 saturated carbocycles.